The molecule has 10 nitrogen and oxygen atoms in total. The Hall–Kier alpha value is -2.59. The molecule has 2 heterocycles. The molecule has 1 aromatic carbocycles. The van der Waals surface area contributed by atoms with Crippen LogP contribution in [0.4, 0.5) is 32.3 Å². The predicted molar refractivity (Wildman–Crippen MR) is 129 cm³/mol. The molecule has 39 heavy (non-hydrogen) atoms. The maximum Gasteiger partial charge on any atom is 0.412 e. The topological polar surface area (TPSA) is 124 Å². The van der Waals surface area contributed by atoms with Crippen molar-refractivity contribution in [2.45, 2.75) is 48.8 Å². The normalized spacial score (nSPS) is 12.9. The quantitative estimate of drug-likeness (QED) is 0.113. The van der Waals surface area contributed by atoms with Gasteiger partial charge in [-0.3, -0.25) is 13.6 Å². The molecule has 18 heteroatoms. The fourth-order valence-electron chi connectivity index (χ4n) is 2.93. The van der Waals surface area contributed by atoms with Gasteiger partial charge in [0.2, 0.25) is 5.95 Å². The van der Waals surface area contributed by atoms with Crippen molar-refractivity contribution in [1.82, 2.24) is 19.5 Å². The average Bonchev–Trinajstić information content (AvgIpc) is 3.22. The number of anilines is 1. The van der Waals surface area contributed by atoms with Crippen LogP contribution >= 0.6 is 19.4 Å². The van der Waals surface area contributed by atoms with E-state index in [1.807, 2.05) is 26.0 Å². The van der Waals surface area contributed by atoms with Crippen molar-refractivity contribution >= 4 is 36.5 Å². The van der Waals surface area contributed by atoms with Gasteiger partial charge in [-0.05, 0) is 38.1 Å². The third-order valence-electron chi connectivity index (χ3n) is 4.43. The molecule has 3 aromatic rings. The van der Waals surface area contributed by atoms with Crippen LogP contribution in [0.3, 0.4) is 0 Å². The summed E-state index contributed by atoms with van der Waals surface area (Å²) in [7, 11) is -4.88. The lowest BCUT2D eigenvalue weighted by molar-refractivity contribution is -0.166. The number of hydrogen-bond donors (Lipinski definition) is 1. The average molecular weight is 603 g/mol. The zero-order valence-corrected chi connectivity index (χ0v) is 22.2. The molecule has 0 atom stereocenters. The highest BCUT2D eigenvalue weighted by Crippen LogP contribution is 2.50. The molecule has 2 N–H and O–H groups in total. The molecule has 0 aliphatic rings. The van der Waals surface area contributed by atoms with Gasteiger partial charge in [-0.15, -0.1) is 0 Å². The number of alkyl halides is 6. The van der Waals surface area contributed by atoms with Crippen molar-refractivity contribution in [1.29, 1.82) is 0 Å². The van der Waals surface area contributed by atoms with Gasteiger partial charge in [0.05, 0.1) is 19.0 Å². The number of rotatable bonds is 13. The van der Waals surface area contributed by atoms with E-state index in [4.69, 9.17) is 15.2 Å². The Labute approximate surface area is 222 Å². The Morgan fingerprint density at radius 1 is 1.03 bits per heavy atom. The molecule has 2 aromatic heterocycles. The second-order valence-electron chi connectivity index (χ2n) is 8.16. The van der Waals surface area contributed by atoms with Crippen LogP contribution in [0.15, 0.2) is 40.5 Å². The third-order valence-corrected chi connectivity index (χ3v) is 6.96. The van der Waals surface area contributed by atoms with Gasteiger partial charge in [-0.2, -0.15) is 31.3 Å². The van der Waals surface area contributed by atoms with Gasteiger partial charge in [0.1, 0.15) is 22.6 Å². The Morgan fingerprint density at radius 3 is 2.21 bits per heavy atom. The van der Waals surface area contributed by atoms with Crippen LogP contribution in [-0.2, 0) is 24.9 Å². The predicted octanol–water partition coefficient (Wildman–Crippen LogP) is 5.67. The van der Waals surface area contributed by atoms with Crippen molar-refractivity contribution in [3.05, 3.63) is 30.6 Å². The number of aromatic nitrogens is 4. The first-order chi connectivity index (χ1) is 18.1. The number of ether oxygens (including phenoxy) is 2. The van der Waals surface area contributed by atoms with Gasteiger partial charge in [-0.25, -0.2) is 9.97 Å². The molecular weight excluding hydrogens is 579 g/mol. The number of nitrogens with two attached hydrogens (primary N) is 1. The smallest absolute Gasteiger partial charge is 0.412 e. The SMILES string of the molecule is CC(C)Oc1ccc(Sc2nc(N)nc3c2ncn3CCOCP(=O)(OCC(F)(F)F)OCC(F)(F)F)cc1. The van der Waals surface area contributed by atoms with Crippen LogP contribution < -0.4 is 10.5 Å². The lowest BCUT2D eigenvalue weighted by Gasteiger charge is -2.20. The summed E-state index contributed by atoms with van der Waals surface area (Å²) in [4.78, 5) is 13.5. The van der Waals surface area contributed by atoms with E-state index >= 15 is 0 Å². The van der Waals surface area contributed by atoms with Crippen LogP contribution in [0.5, 0.6) is 5.75 Å². The third kappa shape index (κ3) is 10.1. The molecule has 3 rings (SSSR count). The van der Waals surface area contributed by atoms with Crippen LogP contribution in [0.2, 0.25) is 0 Å². The summed E-state index contributed by atoms with van der Waals surface area (Å²) < 4.78 is 107. The summed E-state index contributed by atoms with van der Waals surface area (Å²) in [6.07, 6.45) is -9.62. The first-order valence-corrected chi connectivity index (χ1v) is 13.7. The molecule has 0 radical (unpaired) electrons. The van der Waals surface area contributed by atoms with Crippen molar-refractivity contribution in [2.24, 2.45) is 0 Å². The lowest BCUT2D eigenvalue weighted by atomic mass is 10.3. The molecule has 0 unspecified atom stereocenters. The molecular formula is C21H24F6N5O5PS. The van der Waals surface area contributed by atoms with E-state index in [0.29, 0.717) is 21.9 Å². The van der Waals surface area contributed by atoms with E-state index in [1.54, 1.807) is 12.1 Å². The fraction of sp³-hybridized carbons (Fsp3) is 0.476. The number of halogens is 6. The van der Waals surface area contributed by atoms with Gasteiger partial charge in [-0.1, -0.05) is 11.8 Å². The van der Waals surface area contributed by atoms with Crippen molar-refractivity contribution in [3.63, 3.8) is 0 Å². The molecule has 0 aliphatic heterocycles. The first-order valence-electron chi connectivity index (χ1n) is 11.1. The standard InChI is InChI=1S/C21H24F6N5O5PS/c1-13(2)37-14-3-5-15(6-4-14)39-18-16-17(30-19(28)31-18)32(11-29-16)7-8-34-12-38(33,35-9-20(22,23)24)36-10-21(25,26)27/h3-6,11,13H,7-10,12H2,1-2H3,(H2,28,30,31). The highest BCUT2D eigenvalue weighted by atomic mass is 32.2. The minimum absolute atomic E-state index is 0.0170. The Bertz CT molecular complexity index is 1270. The molecule has 0 fully saturated rings. The largest absolute Gasteiger partial charge is 0.491 e. The zero-order chi connectivity index (χ0) is 28.8. The molecule has 0 aliphatic carbocycles. The summed E-state index contributed by atoms with van der Waals surface area (Å²) in [6, 6.07) is 7.26. The van der Waals surface area contributed by atoms with Crippen molar-refractivity contribution in [2.75, 3.05) is 31.9 Å². The summed E-state index contributed by atoms with van der Waals surface area (Å²) in [5.41, 5.74) is 6.55. The minimum atomic E-state index is -4.94. The van der Waals surface area contributed by atoms with E-state index in [0.717, 1.165) is 4.90 Å². The number of nitrogens with zero attached hydrogens (tertiary/aromatic N) is 4. The summed E-state index contributed by atoms with van der Waals surface area (Å²) in [5.74, 6) is 0.640. The molecule has 0 saturated carbocycles. The van der Waals surface area contributed by atoms with Gasteiger partial charge in [0.25, 0.3) is 0 Å². The monoisotopic (exact) mass is 603 g/mol. The summed E-state index contributed by atoms with van der Waals surface area (Å²) in [5, 5.41) is 0.445. The number of imidazole rings is 1. The zero-order valence-electron chi connectivity index (χ0n) is 20.5. The maximum atomic E-state index is 12.4. The van der Waals surface area contributed by atoms with E-state index in [2.05, 4.69) is 24.0 Å². The number of nitrogen functional groups attached to an aromatic ring is 1. The minimum Gasteiger partial charge on any atom is -0.491 e. The van der Waals surface area contributed by atoms with Crippen molar-refractivity contribution in [3.8, 4) is 5.75 Å². The Kier molecular flexibility index (Phi) is 10.1. The van der Waals surface area contributed by atoms with Gasteiger partial charge in [0, 0.05) is 11.4 Å². The Balaban J connectivity index is 1.66. The molecule has 0 amide bonds. The van der Waals surface area contributed by atoms with Crippen LogP contribution in [0, 0.1) is 0 Å². The Morgan fingerprint density at radius 2 is 1.64 bits per heavy atom. The molecule has 216 valence electrons. The van der Waals surface area contributed by atoms with E-state index in [1.165, 1.54) is 22.7 Å². The van der Waals surface area contributed by atoms with Gasteiger partial charge < -0.3 is 19.8 Å². The summed E-state index contributed by atoms with van der Waals surface area (Å²) in [6.45, 7) is -0.636. The maximum absolute atomic E-state index is 12.4. The highest BCUT2D eigenvalue weighted by molar-refractivity contribution is 7.99. The molecule has 0 spiro atoms. The fourth-order valence-corrected chi connectivity index (χ4v) is 5.07. The van der Waals surface area contributed by atoms with E-state index in [-0.39, 0.29) is 25.2 Å². The molecule has 0 bridgehead atoms. The van der Waals surface area contributed by atoms with Crippen LogP contribution in [0.25, 0.3) is 11.2 Å². The first kappa shape index (κ1) is 30.9. The van der Waals surface area contributed by atoms with E-state index < -0.39 is 39.5 Å². The highest BCUT2D eigenvalue weighted by Gasteiger charge is 2.38. The van der Waals surface area contributed by atoms with Crippen LogP contribution in [0.1, 0.15) is 13.8 Å². The number of hydrogen-bond acceptors (Lipinski definition) is 10. The van der Waals surface area contributed by atoms with Crippen molar-refractivity contribution < 1.29 is 49.4 Å². The van der Waals surface area contributed by atoms with E-state index in [9.17, 15) is 30.9 Å². The lowest BCUT2D eigenvalue weighted by Crippen LogP contribution is -2.21. The van der Waals surface area contributed by atoms with Gasteiger partial charge in [0.15, 0.2) is 18.9 Å². The number of benzene rings is 1. The molecule has 0 saturated heterocycles. The second-order valence-corrected chi connectivity index (χ2v) is 11.2. The second kappa shape index (κ2) is 12.7. The van der Waals surface area contributed by atoms with Gasteiger partial charge >= 0.3 is 19.9 Å². The van der Waals surface area contributed by atoms with Crippen LogP contribution in [-0.4, -0.2) is 64.1 Å². The number of fused-ring (bicyclic) bond motifs is 1. The summed E-state index contributed by atoms with van der Waals surface area (Å²) >= 11 is 1.27.